The largest absolute Gasteiger partial charge is 0.346 e. The highest BCUT2D eigenvalue weighted by atomic mass is 16.2. The van der Waals surface area contributed by atoms with Gasteiger partial charge in [-0.25, -0.2) is 0 Å². The lowest BCUT2D eigenvalue weighted by Crippen LogP contribution is -2.52. The number of nitrogens with one attached hydrogen (secondary N) is 1. The van der Waals surface area contributed by atoms with Crippen molar-refractivity contribution in [3.63, 3.8) is 0 Å². The number of carbonyl (C=O) groups excluding carboxylic acids is 2. The van der Waals surface area contributed by atoms with Gasteiger partial charge in [-0.05, 0) is 19.8 Å². The number of carbonyl (C=O) groups is 2. The number of hydrogen-bond donors (Lipinski definition) is 2. The molecule has 1 aromatic rings. The number of nitrogens with zero attached hydrogens (tertiary/aromatic N) is 4. The fourth-order valence-electron chi connectivity index (χ4n) is 3.12. The Balaban J connectivity index is 1.79. The van der Waals surface area contributed by atoms with Crippen LogP contribution in [0.5, 0.6) is 0 Å². The van der Waals surface area contributed by atoms with E-state index < -0.39 is 6.04 Å². The molecule has 1 aliphatic heterocycles. The van der Waals surface area contributed by atoms with E-state index in [1.807, 2.05) is 32.5 Å². The second-order valence-electron chi connectivity index (χ2n) is 7.42. The molecule has 8 heteroatoms. The van der Waals surface area contributed by atoms with Crippen LogP contribution in [-0.2, 0) is 23.2 Å². The number of aryl methyl sites for hydroxylation is 2. The Labute approximate surface area is 155 Å². The maximum absolute atomic E-state index is 12.3. The Morgan fingerprint density at radius 1 is 1.19 bits per heavy atom. The van der Waals surface area contributed by atoms with Gasteiger partial charge in [-0.1, -0.05) is 13.8 Å². The summed E-state index contributed by atoms with van der Waals surface area (Å²) in [5.41, 5.74) is 9.31. The van der Waals surface area contributed by atoms with Crippen LogP contribution in [0.3, 0.4) is 0 Å². The maximum atomic E-state index is 12.3. The molecule has 0 bridgehead atoms. The van der Waals surface area contributed by atoms with Crippen LogP contribution in [0.15, 0.2) is 0 Å². The number of nitrogens with two attached hydrogens (primary N) is 1. The van der Waals surface area contributed by atoms with Gasteiger partial charge in [-0.2, -0.15) is 5.10 Å². The van der Waals surface area contributed by atoms with Crippen LogP contribution < -0.4 is 11.1 Å². The van der Waals surface area contributed by atoms with Gasteiger partial charge in [0, 0.05) is 51.0 Å². The quantitative estimate of drug-likeness (QED) is 0.728. The van der Waals surface area contributed by atoms with Crippen LogP contribution in [0.25, 0.3) is 0 Å². The van der Waals surface area contributed by atoms with E-state index in [1.165, 1.54) is 11.3 Å². The van der Waals surface area contributed by atoms with Crippen molar-refractivity contribution in [1.29, 1.82) is 0 Å². The van der Waals surface area contributed by atoms with Crippen LogP contribution in [0.2, 0.25) is 0 Å². The van der Waals surface area contributed by atoms with Gasteiger partial charge >= 0.3 is 0 Å². The van der Waals surface area contributed by atoms with Gasteiger partial charge < -0.3 is 16.0 Å². The summed E-state index contributed by atoms with van der Waals surface area (Å²) in [6.45, 7) is 11.7. The second kappa shape index (κ2) is 8.64. The van der Waals surface area contributed by atoms with Crippen molar-refractivity contribution in [3.05, 3.63) is 17.0 Å². The molecule has 0 radical (unpaired) electrons. The zero-order chi connectivity index (χ0) is 19.4. The first-order chi connectivity index (χ1) is 12.2. The minimum absolute atomic E-state index is 0.0140. The summed E-state index contributed by atoms with van der Waals surface area (Å²) in [5, 5.41) is 7.11. The molecule has 1 atom stereocenters. The minimum Gasteiger partial charge on any atom is -0.346 e. The third-order valence-corrected chi connectivity index (χ3v) is 5.20. The summed E-state index contributed by atoms with van der Waals surface area (Å²) in [5.74, 6) is -0.273. The monoisotopic (exact) mass is 364 g/mol. The molecule has 2 heterocycles. The average molecular weight is 364 g/mol. The normalized spacial score (nSPS) is 16.8. The van der Waals surface area contributed by atoms with E-state index in [0.717, 1.165) is 25.3 Å². The third kappa shape index (κ3) is 4.82. The first-order valence-corrected chi connectivity index (χ1v) is 9.23. The lowest BCUT2D eigenvalue weighted by molar-refractivity contribution is -0.134. The summed E-state index contributed by atoms with van der Waals surface area (Å²) in [6.07, 6.45) is 0. The number of piperazine rings is 1. The van der Waals surface area contributed by atoms with Crippen LogP contribution in [0.1, 0.15) is 30.8 Å². The summed E-state index contributed by atoms with van der Waals surface area (Å²) in [6, 6.07) is -0.578. The molecule has 8 nitrogen and oxygen atoms in total. The van der Waals surface area contributed by atoms with Gasteiger partial charge in [-0.3, -0.25) is 19.2 Å². The Kier molecular flexibility index (Phi) is 6.77. The van der Waals surface area contributed by atoms with Crippen LogP contribution >= 0.6 is 0 Å². The van der Waals surface area contributed by atoms with E-state index in [0.29, 0.717) is 13.1 Å². The SMILES string of the molecule is Cc1nn(C)c(C)c1CN1CCN(C(=O)CNC(=O)[C@@H](N)C(C)C)CC1. The number of amides is 2. The number of rotatable bonds is 6. The molecule has 26 heavy (non-hydrogen) atoms. The molecule has 146 valence electrons. The fourth-order valence-corrected chi connectivity index (χ4v) is 3.12. The first kappa shape index (κ1) is 20.4. The zero-order valence-electron chi connectivity index (χ0n) is 16.6. The summed E-state index contributed by atoms with van der Waals surface area (Å²) in [4.78, 5) is 28.3. The van der Waals surface area contributed by atoms with Crippen LogP contribution in [0, 0.1) is 19.8 Å². The topological polar surface area (TPSA) is 96.5 Å². The maximum Gasteiger partial charge on any atom is 0.242 e. The Bertz CT molecular complexity index is 646. The molecule has 1 fully saturated rings. The smallest absolute Gasteiger partial charge is 0.242 e. The van der Waals surface area contributed by atoms with Gasteiger partial charge in [-0.15, -0.1) is 0 Å². The van der Waals surface area contributed by atoms with Crippen LogP contribution in [0.4, 0.5) is 0 Å². The third-order valence-electron chi connectivity index (χ3n) is 5.20. The molecule has 0 aliphatic carbocycles. The van der Waals surface area contributed by atoms with Crippen molar-refractivity contribution >= 4 is 11.8 Å². The molecule has 2 amide bonds. The summed E-state index contributed by atoms with van der Waals surface area (Å²) >= 11 is 0. The fraction of sp³-hybridized carbons (Fsp3) is 0.722. The molecule has 1 saturated heterocycles. The standard InChI is InChI=1S/C18H32N6O2/c1-12(2)17(19)18(26)20-10-16(25)24-8-6-23(7-9-24)11-15-13(3)21-22(5)14(15)4/h12,17H,6-11,19H2,1-5H3,(H,20,26)/t17-/m0/s1. The van der Waals surface area contributed by atoms with E-state index >= 15 is 0 Å². The van der Waals surface area contributed by atoms with Crippen molar-refractivity contribution in [1.82, 2.24) is 24.9 Å². The van der Waals surface area contributed by atoms with Crippen molar-refractivity contribution in [2.24, 2.45) is 18.7 Å². The average Bonchev–Trinajstić information content (AvgIpc) is 2.85. The zero-order valence-corrected chi connectivity index (χ0v) is 16.6. The number of hydrogen-bond acceptors (Lipinski definition) is 5. The van der Waals surface area contributed by atoms with E-state index in [-0.39, 0.29) is 24.3 Å². The van der Waals surface area contributed by atoms with Crippen LogP contribution in [-0.4, -0.2) is 70.2 Å². The lowest BCUT2D eigenvalue weighted by Gasteiger charge is -2.35. The van der Waals surface area contributed by atoms with Gasteiger partial charge in [0.25, 0.3) is 0 Å². The first-order valence-electron chi connectivity index (χ1n) is 9.23. The minimum atomic E-state index is -0.578. The molecule has 2 rings (SSSR count). The molecular formula is C18H32N6O2. The lowest BCUT2D eigenvalue weighted by atomic mass is 10.1. The molecule has 0 saturated carbocycles. The van der Waals surface area contributed by atoms with Gasteiger partial charge in [0.2, 0.25) is 11.8 Å². The molecule has 0 unspecified atom stereocenters. The number of aromatic nitrogens is 2. The van der Waals surface area contributed by atoms with Crippen molar-refractivity contribution < 1.29 is 9.59 Å². The molecule has 3 N–H and O–H groups in total. The Morgan fingerprint density at radius 2 is 1.81 bits per heavy atom. The van der Waals surface area contributed by atoms with E-state index in [1.54, 1.807) is 4.90 Å². The van der Waals surface area contributed by atoms with E-state index in [9.17, 15) is 9.59 Å². The Hall–Kier alpha value is -1.93. The van der Waals surface area contributed by atoms with Crippen molar-refractivity contribution in [3.8, 4) is 0 Å². The molecule has 0 aromatic carbocycles. The van der Waals surface area contributed by atoms with E-state index in [2.05, 4.69) is 22.2 Å². The van der Waals surface area contributed by atoms with Gasteiger partial charge in [0.15, 0.2) is 0 Å². The highest BCUT2D eigenvalue weighted by molar-refractivity contribution is 5.87. The van der Waals surface area contributed by atoms with Crippen molar-refractivity contribution in [2.75, 3.05) is 32.7 Å². The summed E-state index contributed by atoms with van der Waals surface area (Å²) in [7, 11) is 1.96. The van der Waals surface area contributed by atoms with Crippen molar-refractivity contribution in [2.45, 2.75) is 40.3 Å². The molecular weight excluding hydrogens is 332 g/mol. The van der Waals surface area contributed by atoms with Gasteiger partial charge in [0.05, 0.1) is 18.3 Å². The summed E-state index contributed by atoms with van der Waals surface area (Å²) < 4.78 is 1.91. The Morgan fingerprint density at radius 3 is 2.31 bits per heavy atom. The highest BCUT2D eigenvalue weighted by Gasteiger charge is 2.24. The van der Waals surface area contributed by atoms with Gasteiger partial charge in [0.1, 0.15) is 0 Å². The second-order valence-corrected chi connectivity index (χ2v) is 7.42. The molecule has 1 aromatic heterocycles. The molecule has 0 spiro atoms. The highest BCUT2D eigenvalue weighted by Crippen LogP contribution is 2.16. The molecule has 1 aliphatic rings. The predicted octanol–water partition coefficient (Wildman–Crippen LogP) is -0.219. The van der Waals surface area contributed by atoms with E-state index in [4.69, 9.17) is 5.73 Å². The predicted molar refractivity (Wildman–Crippen MR) is 100 cm³/mol.